The Hall–Kier alpha value is -5.63. The quantitative estimate of drug-likeness (QED) is 0.168. The number of anilines is 1. The SMILES string of the molecule is O=C(C[N+]1=NC(C(F)(F)F)C2=C1C(F)(F)[C@@H]1C[C@H]21)N[C@@H](Cc1cc(F)cc(F)c1)c1ncc(NC(=O)C(F)(F)F)cc1-c1ccc2n[nH]c(=O)n2c1. The lowest BCUT2D eigenvalue weighted by Gasteiger charge is -2.22. The van der Waals surface area contributed by atoms with E-state index in [1.165, 1.54) is 18.3 Å². The second-order valence-electron chi connectivity index (χ2n) is 12.4. The minimum atomic E-state index is -5.32. The van der Waals surface area contributed by atoms with E-state index in [0.717, 1.165) is 28.8 Å². The van der Waals surface area contributed by atoms with Gasteiger partial charge in [0, 0.05) is 34.9 Å². The van der Waals surface area contributed by atoms with Gasteiger partial charge in [0.2, 0.25) is 6.04 Å². The average Bonchev–Trinajstić information content (AvgIpc) is 3.55. The molecular formula is C31H21F10N8O3+. The van der Waals surface area contributed by atoms with E-state index >= 15 is 8.78 Å². The molecular weight excluding hydrogens is 722 g/mol. The fraction of sp³-hybridized carbons (Fsp3) is 0.323. The van der Waals surface area contributed by atoms with Crippen LogP contribution in [0.3, 0.4) is 0 Å². The van der Waals surface area contributed by atoms with Crippen LogP contribution < -0.4 is 16.3 Å². The van der Waals surface area contributed by atoms with Gasteiger partial charge >= 0.3 is 29.9 Å². The molecule has 1 aliphatic heterocycles. The topological polar surface area (TPSA) is 137 Å². The zero-order valence-electron chi connectivity index (χ0n) is 25.8. The summed E-state index contributed by atoms with van der Waals surface area (Å²) in [5.74, 6) is -11.8. The van der Waals surface area contributed by atoms with Crippen LogP contribution in [-0.2, 0) is 16.0 Å². The van der Waals surface area contributed by atoms with E-state index in [1.807, 2.05) is 0 Å². The number of allylic oxidation sites excluding steroid dienone is 1. The van der Waals surface area contributed by atoms with Crippen molar-refractivity contribution >= 4 is 23.1 Å². The Morgan fingerprint density at radius 3 is 2.44 bits per heavy atom. The van der Waals surface area contributed by atoms with Crippen molar-refractivity contribution in [1.82, 2.24) is 24.9 Å². The van der Waals surface area contributed by atoms with Crippen LogP contribution in [0.5, 0.6) is 0 Å². The van der Waals surface area contributed by atoms with Crippen LogP contribution in [-0.4, -0.2) is 67.0 Å². The summed E-state index contributed by atoms with van der Waals surface area (Å²) in [6, 6.07) is 1.84. The van der Waals surface area contributed by atoms with E-state index in [-0.39, 0.29) is 39.1 Å². The highest BCUT2D eigenvalue weighted by atomic mass is 19.4. The third-order valence-corrected chi connectivity index (χ3v) is 8.84. The first-order chi connectivity index (χ1) is 24.3. The molecule has 0 saturated heterocycles. The smallest absolute Gasteiger partial charge is 0.342 e. The van der Waals surface area contributed by atoms with Crippen molar-refractivity contribution < 1.29 is 58.2 Å². The Balaban J connectivity index is 1.30. The number of nitrogens with zero attached hydrogens (tertiary/aromatic N) is 5. The number of carbonyl (C=O) groups is 2. The van der Waals surface area contributed by atoms with Gasteiger partial charge in [-0.1, -0.05) is 4.70 Å². The van der Waals surface area contributed by atoms with E-state index < -0.39 is 101 Å². The number of azo groups is 2. The van der Waals surface area contributed by atoms with Gasteiger partial charge < -0.3 is 10.6 Å². The molecule has 11 nitrogen and oxygen atoms in total. The maximum Gasteiger partial charge on any atom is 0.471 e. The first kappa shape index (κ1) is 34.8. The molecule has 1 saturated carbocycles. The maximum absolute atomic E-state index is 15.2. The van der Waals surface area contributed by atoms with Gasteiger partial charge in [-0.2, -0.15) is 40.2 Å². The fourth-order valence-corrected chi connectivity index (χ4v) is 6.63. The Morgan fingerprint density at radius 1 is 1.06 bits per heavy atom. The summed E-state index contributed by atoms with van der Waals surface area (Å²) >= 11 is 0. The molecule has 21 heteroatoms. The first-order valence-electron chi connectivity index (χ1n) is 15.2. The second kappa shape index (κ2) is 12.0. The van der Waals surface area contributed by atoms with Crippen LogP contribution in [0, 0.1) is 23.5 Å². The lowest BCUT2D eigenvalue weighted by molar-refractivity contribution is -0.549. The number of nitrogens with one attached hydrogen (secondary N) is 3. The van der Waals surface area contributed by atoms with Gasteiger partial charge in [0.1, 0.15) is 11.6 Å². The number of alkyl halides is 8. The number of aromatic amines is 1. The van der Waals surface area contributed by atoms with Crippen molar-refractivity contribution in [3.05, 3.63) is 93.4 Å². The maximum atomic E-state index is 15.2. The third-order valence-electron chi connectivity index (χ3n) is 8.84. The Labute approximate surface area is 283 Å². The summed E-state index contributed by atoms with van der Waals surface area (Å²) in [5, 5.41) is 13.4. The summed E-state index contributed by atoms with van der Waals surface area (Å²) in [6.07, 6.45) is -9.10. The van der Waals surface area contributed by atoms with Crippen molar-refractivity contribution in [3.63, 3.8) is 0 Å². The van der Waals surface area contributed by atoms with Crippen molar-refractivity contribution in [2.45, 2.75) is 43.2 Å². The summed E-state index contributed by atoms with van der Waals surface area (Å²) < 4.78 is 141. The molecule has 4 heterocycles. The molecule has 4 aromatic rings. The Morgan fingerprint density at radius 2 is 1.77 bits per heavy atom. The van der Waals surface area contributed by atoms with Crippen LogP contribution in [0.15, 0.2) is 70.0 Å². The van der Waals surface area contributed by atoms with Crippen molar-refractivity contribution in [2.24, 2.45) is 17.0 Å². The molecule has 1 unspecified atom stereocenters. The predicted octanol–water partition coefficient (Wildman–Crippen LogP) is 5.21. The summed E-state index contributed by atoms with van der Waals surface area (Å²) in [6.45, 7) is -1.15. The van der Waals surface area contributed by atoms with E-state index in [4.69, 9.17) is 0 Å². The van der Waals surface area contributed by atoms with Gasteiger partial charge in [-0.25, -0.2) is 23.1 Å². The molecule has 1 aromatic carbocycles. The summed E-state index contributed by atoms with van der Waals surface area (Å²) in [5.41, 5.74) is -3.26. The van der Waals surface area contributed by atoms with E-state index in [2.05, 4.69) is 25.6 Å². The van der Waals surface area contributed by atoms with Gasteiger partial charge in [0.25, 0.3) is 18.1 Å². The molecule has 0 radical (unpaired) electrons. The van der Waals surface area contributed by atoms with Crippen LogP contribution >= 0.6 is 0 Å². The number of aromatic nitrogens is 4. The number of H-pyrrole nitrogens is 1. The largest absolute Gasteiger partial charge is 0.471 e. The predicted molar refractivity (Wildman–Crippen MR) is 156 cm³/mol. The number of hydrogen-bond acceptors (Lipinski definition) is 6. The standard InChI is InChI=1S/C31H20F10N8O3/c32-14-3-12(4-15(33)6-14)5-20(44-22(50)11-49-26-23(25(47-49)30(36,37)38)18-8-19(18)29(26,34)35)24-17(7-16(9-42-24)43-27(51)31(39,40)41)13-1-2-21-45-46-28(52)48(21)10-13/h1-4,6-7,9-10,18-20,25H,5,8,11H2,(H2-,43,44,46,50,51,52)/p+1/t18-,19+,20-,25?/m0/s1. The van der Waals surface area contributed by atoms with Gasteiger partial charge in [-0.15, -0.1) is 0 Å². The lowest BCUT2D eigenvalue weighted by Crippen LogP contribution is -2.38. The van der Waals surface area contributed by atoms with E-state index in [9.17, 15) is 49.5 Å². The molecule has 3 aliphatic rings. The molecule has 0 bridgehead atoms. The molecule has 52 heavy (non-hydrogen) atoms. The normalized spacial score (nSPS) is 21.1. The van der Waals surface area contributed by atoms with Crippen LogP contribution in [0.2, 0.25) is 0 Å². The monoisotopic (exact) mass is 743 g/mol. The minimum Gasteiger partial charge on any atom is -0.342 e. The van der Waals surface area contributed by atoms with Gasteiger partial charge in [0.15, 0.2) is 5.65 Å². The number of pyridine rings is 2. The molecule has 272 valence electrons. The van der Waals surface area contributed by atoms with Gasteiger partial charge in [-0.05, 0) is 59.8 Å². The van der Waals surface area contributed by atoms with E-state index in [1.54, 1.807) is 5.32 Å². The zero-order valence-corrected chi connectivity index (χ0v) is 25.8. The number of rotatable bonds is 8. The Bertz CT molecular complexity index is 2260. The molecule has 0 spiro atoms. The van der Waals surface area contributed by atoms with Crippen molar-refractivity contribution in [1.29, 1.82) is 0 Å². The summed E-state index contributed by atoms with van der Waals surface area (Å²) in [7, 11) is 0. The van der Waals surface area contributed by atoms with E-state index in [0.29, 0.717) is 6.07 Å². The molecule has 3 N–H and O–H groups in total. The van der Waals surface area contributed by atoms with Crippen LogP contribution in [0.25, 0.3) is 16.8 Å². The number of amides is 2. The molecule has 3 aromatic heterocycles. The molecule has 7 rings (SSSR count). The summed E-state index contributed by atoms with van der Waals surface area (Å²) in [4.78, 5) is 41.7. The molecule has 2 amide bonds. The van der Waals surface area contributed by atoms with Crippen molar-refractivity contribution in [3.8, 4) is 11.1 Å². The van der Waals surface area contributed by atoms with Gasteiger partial charge in [-0.3, -0.25) is 14.6 Å². The number of halogens is 10. The van der Waals surface area contributed by atoms with Crippen molar-refractivity contribution in [2.75, 3.05) is 11.9 Å². The highest BCUT2D eigenvalue weighted by molar-refractivity contribution is 5.95. The molecule has 1 fully saturated rings. The van der Waals surface area contributed by atoms with Crippen LogP contribution in [0.4, 0.5) is 49.6 Å². The molecule has 2 aliphatic carbocycles. The molecule has 4 atom stereocenters. The van der Waals surface area contributed by atoms with Crippen LogP contribution in [0.1, 0.15) is 23.7 Å². The highest BCUT2D eigenvalue weighted by Gasteiger charge is 2.75. The number of benzene rings is 1. The average molecular weight is 744 g/mol. The first-order valence-corrected chi connectivity index (χ1v) is 15.2. The number of carbonyl (C=O) groups excluding carboxylic acids is 2. The fourth-order valence-electron chi connectivity index (χ4n) is 6.63. The number of hydrogen-bond donors (Lipinski definition) is 3. The Kier molecular flexibility index (Phi) is 8.01. The van der Waals surface area contributed by atoms with Gasteiger partial charge in [0.05, 0.1) is 23.6 Å². The highest BCUT2D eigenvalue weighted by Crippen LogP contribution is 2.66. The third kappa shape index (κ3) is 6.27. The number of fused-ring (bicyclic) bond motifs is 3. The zero-order chi connectivity index (χ0) is 37.5. The minimum absolute atomic E-state index is 0.0356. The lowest BCUT2D eigenvalue weighted by atomic mass is 9.95. The second-order valence-corrected chi connectivity index (χ2v) is 12.4.